The average Bonchev–Trinajstić information content (AvgIpc) is 2.50. The van der Waals surface area contributed by atoms with Crippen molar-refractivity contribution in [2.24, 2.45) is 0 Å². The van der Waals surface area contributed by atoms with Gasteiger partial charge in [0.2, 0.25) is 0 Å². The van der Waals surface area contributed by atoms with E-state index in [1.807, 2.05) is 0 Å². The lowest BCUT2D eigenvalue weighted by atomic mass is 10.4. The van der Waals surface area contributed by atoms with E-state index in [1.54, 1.807) is 0 Å². The second-order valence-corrected chi connectivity index (χ2v) is 2.82. The molecule has 5 nitrogen and oxygen atoms in total. The summed E-state index contributed by atoms with van der Waals surface area (Å²) < 4.78 is 4.74. The zero-order valence-electron chi connectivity index (χ0n) is 6.10. The third-order valence-corrected chi connectivity index (χ3v) is 2.03. The molecule has 0 aliphatic carbocycles. The van der Waals surface area contributed by atoms with Crippen LogP contribution in [0.2, 0.25) is 0 Å². The van der Waals surface area contributed by atoms with Gasteiger partial charge in [-0.05, 0) is 0 Å². The van der Waals surface area contributed by atoms with E-state index in [0.29, 0.717) is 5.06 Å². The quantitative estimate of drug-likeness (QED) is 0.548. The van der Waals surface area contributed by atoms with Gasteiger partial charge in [-0.1, -0.05) is 11.3 Å². The fraction of sp³-hybridized carbons (Fsp3) is 0.167. The topological polar surface area (TPSA) is 76.5 Å². The van der Waals surface area contributed by atoms with Gasteiger partial charge < -0.3 is 9.84 Å². The van der Waals surface area contributed by atoms with Crippen molar-refractivity contribution in [2.45, 2.75) is 0 Å². The monoisotopic (exact) mass is 187 g/mol. The maximum absolute atomic E-state index is 10.8. The van der Waals surface area contributed by atoms with Crippen molar-refractivity contribution in [3.63, 3.8) is 0 Å². The number of Topliss-reactive ketones (excluding diaryl/α,β-unsaturated/α-hetero) is 1. The Balaban J connectivity index is 2.89. The van der Waals surface area contributed by atoms with E-state index in [9.17, 15) is 9.59 Å². The van der Waals surface area contributed by atoms with Crippen molar-refractivity contribution in [1.29, 1.82) is 0 Å². The van der Waals surface area contributed by atoms with Crippen LogP contribution >= 0.6 is 11.3 Å². The van der Waals surface area contributed by atoms with Crippen molar-refractivity contribution >= 4 is 23.1 Å². The van der Waals surface area contributed by atoms with Gasteiger partial charge in [0.25, 0.3) is 5.78 Å². The van der Waals surface area contributed by atoms with E-state index in [0.717, 1.165) is 11.3 Å². The van der Waals surface area contributed by atoms with Gasteiger partial charge >= 0.3 is 5.97 Å². The molecule has 6 heteroatoms. The smallest absolute Gasteiger partial charge is 0.379 e. The minimum atomic E-state index is -1.51. The van der Waals surface area contributed by atoms with Gasteiger partial charge in [0.1, 0.15) is 0 Å². The predicted octanol–water partition coefficient (Wildman–Crippen LogP) is 0.419. The molecule has 0 unspecified atom stereocenters. The minimum Gasteiger partial charge on any atom is -0.486 e. The molecule has 0 atom stereocenters. The fourth-order valence-electron chi connectivity index (χ4n) is 0.550. The SMILES string of the molecule is COc1cnc(C(=O)C(=O)O)s1. The van der Waals surface area contributed by atoms with Gasteiger partial charge in [-0.2, -0.15) is 0 Å². The zero-order valence-corrected chi connectivity index (χ0v) is 6.92. The summed E-state index contributed by atoms with van der Waals surface area (Å²) in [7, 11) is 1.42. The van der Waals surface area contributed by atoms with Crippen LogP contribution in [0.5, 0.6) is 5.06 Å². The predicted molar refractivity (Wildman–Crippen MR) is 40.6 cm³/mol. The molecule has 1 heterocycles. The summed E-state index contributed by atoms with van der Waals surface area (Å²) in [4.78, 5) is 24.5. The van der Waals surface area contributed by atoms with E-state index >= 15 is 0 Å². The zero-order chi connectivity index (χ0) is 9.14. The van der Waals surface area contributed by atoms with E-state index in [-0.39, 0.29) is 5.01 Å². The molecular weight excluding hydrogens is 182 g/mol. The Kier molecular flexibility index (Phi) is 2.39. The number of methoxy groups -OCH3 is 1. The van der Waals surface area contributed by atoms with Crippen molar-refractivity contribution in [2.75, 3.05) is 7.11 Å². The molecule has 12 heavy (non-hydrogen) atoms. The van der Waals surface area contributed by atoms with Crippen LogP contribution < -0.4 is 4.74 Å². The first-order valence-electron chi connectivity index (χ1n) is 2.92. The van der Waals surface area contributed by atoms with Gasteiger partial charge in [-0.15, -0.1) is 0 Å². The van der Waals surface area contributed by atoms with Crippen LogP contribution in [0.15, 0.2) is 6.20 Å². The number of aromatic nitrogens is 1. The van der Waals surface area contributed by atoms with Crippen LogP contribution in [0, 0.1) is 0 Å². The molecule has 0 radical (unpaired) electrons. The summed E-state index contributed by atoms with van der Waals surface area (Å²) >= 11 is 0.906. The molecule has 0 aromatic carbocycles. The molecule has 0 saturated carbocycles. The number of hydrogen-bond acceptors (Lipinski definition) is 5. The molecule has 1 aromatic rings. The molecule has 1 rings (SSSR count). The highest BCUT2D eigenvalue weighted by Gasteiger charge is 2.18. The molecule has 0 fully saturated rings. The summed E-state index contributed by atoms with van der Waals surface area (Å²) in [6.45, 7) is 0. The number of carbonyl (C=O) groups is 2. The number of thiazole rings is 1. The first-order valence-corrected chi connectivity index (χ1v) is 3.74. The van der Waals surface area contributed by atoms with Crippen molar-refractivity contribution in [3.8, 4) is 5.06 Å². The fourth-order valence-corrected chi connectivity index (χ4v) is 1.21. The van der Waals surface area contributed by atoms with Gasteiger partial charge in [-0.25, -0.2) is 9.78 Å². The number of carboxylic acids is 1. The first kappa shape index (κ1) is 8.66. The lowest BCUT2D eigenvalue weighted by molar-refractivity contribution is -0.131. The van der Waals surface area contributed by atoms with Crippen LogP contribution in [-0.4, -0.2) is 29.0 Å². The normalized spacial score (nSPS) is 9.42. The number of rotatable bonds is 3. The molecule has 0 saturated heterocycles. The van der Waals surface area contributed by atoms with Gasteiger partial charge in [-0.3, -0.25) is 4.79 Å². The Morgan fingerprint density at radius 2 is 2.33 bits per heavy atom. The van der Waals surface area contributed by atoms with Gasteiger partial charge in [0.05, 0.1) is 13.3 Å². The molecule has 64 valence electrons. The number of carboxylic acid groups (broad SMARTS) is 1. The molecule has 0 aliphatic rings. The molecular formula is C6H5NO4S. The number of nitrogens with zero attached hydrogens (tertiary/aromatic N) is 1. The Hall–Kier alpha value is -1.43. The van der Waals surface area contributed by atoms with E-state index in [4.69, 9.17) is 9.84 Å². The molecule has 1 N–H and O–H groups in total. The molecule has 0 bridgehead atoms. The summed E-state index contributed by atoms with van der Waals surface area (Å²) in [5, 5.41) is 8.64. The Morgan fingerprint density at radius 1 is 1.67 bits per heavy atom. The standard InChI is InChI=1S/C6H5NO4S/c1-11-3-2-7-5(12-3)4(8)6(9)10/h2H,1H3,(H,9,10). The van der Waals surface area contributed by atoms with Crippen molar-refractivity contribution in [1.82, 2.24) is 4.98 Å². The number of aliphatic carboxylic acids is 1. The number of ketones is 1. The third kappa shape index (κ3) is 1.59. The molecule has 0 amide bonds. The van der Waals surface area contributed by atoms with Gasteiger partial charge in [0, 0.05) is 0 Å². The van der Waals surface area contributed by atoms with Crippen molar-refractivity contribution < 1.29 is 19.4 Å². The van der Waals surface area contributed by atoms with Crippen LogP contribution in [0.1, 0.15) is 9.80 Å². The van der Waals surface area contributed by atoms with Gasteiger partial charge in [0.15, 0.2) is 10.1 Å². The van der Waals surface area contributed by atoms with E-state index in [2.05, 4.69) is 4.98 Å². The summed E-state index contributed by atoms with van der Waals surface area (Å²) in [6, 6.07) is 0. The summed E-state index contributed by atoms with van der Waals surface area (Å²) in [5.41, 5.74) is 0. The lowest BCUT2D eigenvalue weighted by Gasteiger charge is -1.87. The number of ether oxygens (including phenoxy) is 1. The number of carbonyl (C=O) groups excluding carboxylic acids is 1. The van der Waals surface area contributed by atoms with E-state index < -0.39 is 11.8 Å². The van der Waals surface area contributed by atoms with E-state index in [1.165, 1.54) is 13.3 Å². The third-order valence-electron chi connectivity index (χ3n) is 1.07. The number of hydrogen-bond donors (Lipinski definition) is 1. The molecule has 1 aromatic heterocycles. The maximum Gasteiger partial charge on any atom is 0.379 e. The minimum absolute atomic E-state index is 0.0700. The highest BCUT2D eigenvalue weighted by molar-refractivity contribution is 7.16. The van der Waals surface area contributed by atoms with Crippen LogP contribution in [0.4, 0.5) is 0 Å². The Labute approximate surface area is 71.6 Å². The summed E-state index contributed by atoms with van der Waals surface area (Å²) in [5.74, 6) is -2.52. The first-order chi connectivity index (χ1) is 5.65. The van der Waals surface area contributed by atoms with Crippen LogP contribution in [0.3, 0.4) is 0 Å². The highest BCUT2D eigenvalue weighted by Crippen LogP contribution is 2.20. The Bertz CT molecular complexity index is 319. The van der Waals surface area contributed by atoms with Crippen molar-refractivity contribution in [3.05, 3.63) is 11.2 Å². The average molecular weight is 187 g/mol. The second-order valence-electron chi connectivity index (χ2n) is 1.82. The Morgan fingerprint density at radius 3 is 2.75 bits per heavy atom. The maximum atomic E-state index is 10.8. The second kappa shape index (κ2) is 3.31. The highest BCUT2D eigenvalue weighted by atomic mass is 32.1. The summed E-state index contributed by atoms with van der Waals surface area (Å²) in [6.07, 6.45) is 1.31. The molecule has 0 spiro atoms. The van der Waals surface area contributed by atoms with Crippen LogP contribution in [-0.2, 0) is 4.79 Å². The molecule has 0 aliphatic heterocycles. The lowest BCUT2D eigenvalue weighted by Crippen LogP contribution is -2.11. The largest absolute Gasteiger partial charge is 0.486 e. The van der Waals surface area contributed by atoms with Crippen LogP contribution in [0.25, 0.3) is 0 Å².